The Hall–Kier alpha value is -1.43. The van der Waals surface area contributed by atoms with Crippen molar-refractivity contribution in [3.8, 4) is 0 Å². The minimum Gasteiger partial charge on any atom is -0.465 e. The van der Waals surface area contributed by atoms with Crippen molar-refractivity contribution < 1.29 is 19.1 Å². The van der Waals surface area contributed by atoms with Crippen LogP contribution in [0.2, 0.25) is 0 Å². The molecule has 0 radical (unpaired) electrons. The van der Waals surface area contributed by atoms with Crippen LogP contribution in [-0.2, 0) is 25.5 Å². The number of thiazole rings is 1. The molecule has 1 aromatic heterocycles. The molecule has 0 aliphatic carbocycles. The van der Waals surface area contributed by atoms with Crippen molar-refractivity contribution in [3.05, 3.63) is 16.1 Å². The maximum atomic E-state index is 12.3. The fourth-order valence-corrected chi connectivity index (χ4v) is 2.97. The second kappa shape index (κ2) is 8.12. The number of carbonyl (C=O) groups is 2. The lowest BCUT2D eigenvalue weighted by Gasteiger charge is -2.27. The van der Waals surface area contributed by atoms with Gasteiger partial charge >= 0.3 is 11.9 Å². The summed E-state index contributed by atoms with van der Waals surface area (Å²) in [6, 6.07) is 0. The molecule has 118 valence electrons. The number of carbonyl (C=O) groups excluding carboxylic acids is 2. The van der Waals surface area contributed by atoms with Gasteiger partial charge in [-0.05, 0) is 40.0 Å². The maximum Gasteiger partial charge on any atom is 0.323 e. The van der Waals surface area contributed by atoms with E-state index >= 15 is 0 Å². The predicted octanol–water partition coefficient (Wildman–Crippen LogP) is 2.91. The van der Waals surface area contributed by atoms with Crippen molar-refractivity contribution in [1.82, 2.24) is 4.98 Å². The SMILES string of the molecule is CCOC(=O)C(CC)(CCc1scnc1C)C(=O)OCC. The first kappa shape index (κ1) is 17.6. The molecule has 0 bridgehead atoms. The first-order valence-electron chi connectivity index (χ1n) is 7.25. The van der Waals surface area contributed by atoms with E-state index in [1.807, 2.05) is 13.8 Å². The molecule has 0 amide bonds. The fourth-order valence-electron chi connectivity index (χ4n) is 2.18. The van der Waals surface area contributed by atoms with Gasteiger partial charge in [0.2, 0.25) is 0 Å². The molecule has 1 rings (SSSR count). The standard InChI is InChI=1S/C15H23NO4S/c1-5-15(13(17)19-6-2,14(18)20-7-3)9-8-12-11(4)16-10-21-12/h10H,5-9H2,1-4H3. The molecule has 0 fully saturated rings. The van der Waals surface area contributed by atoms with Crippen LogP contribution in [0.5, 0.6) is 0 Å². The van der Waals surface area contributed by atoms with Crippen molar-refractivity contribution in [2.24, 2.45) is 5.41 Å². The zero-order chi connectivity index (χ0) is 15.9. The topological polar surface area (TPSA) is 65.5 Å². The highest BCUT2D eigenvalue weighted by atomic mass is 32.1. The molecule has 1 heterocycles. The van der Waals surface area contributed by atoms with E-state index in [9.17, 15) is 9.59 Å². The maximum absolute atomic E-state index is 12.3. The van der Waals surface area contributed by atoms with E-state index in [4.69, 9.17) is 9.47 Å². The quantitative estimate of drug-likeness (QED) is 0.545. The van der Waals surface area contributed by atoms with Gasteiger partial charge in [0.15, 0.2) is 5.41 Å². The van der Waals surface area contributed by atoms with Crippen LogP contribution in [0.1, 0.15) is 44.2 Å². The number of ether oxygens (including phenoxy) is 2. The van der Waals surface area contributed by atoms with Crippen LogP contribution in [0.15, 0.2) is 5.51 Å². The van der Waals surface area contributed by atoms with Gasteiger partial charge < -0.3 is 9.47 Å². The first-order valence-corrected chi connectivity index (χ1v) is 8.13. The number of hydrogen-bond donors (Lipinski definition) is 0. The average molecular weight is 313 g/mol. The Bertz CT molecular complexity index is 466. The van der Waals surface area contributed by atoms with Crippen LogP contribution in [0, 0.1) is 12.3 Å². The minimum atomic E-state index is -1.22. The summed E-state index contributed by atoms with van der Waals surface area (Å²) in [5, 5.41) is 0. The van der Waals surface area contributed by atoms with Crippen LogP contribution in [-0.4, -0.2) is 30.1 Å². The summed E-state index contributed by atoms with van der Waals surface area (Å²) < 4.78 is 10.2. The van der Waals surface area contributed by atoms with E-state index in [1.165, 1.54) is 11.3 Å². The summed E-state index contributed by atoms with van der Waals surface area (Å²) >= 11 is 1.54. The Morgan fingerprint density at radius 2 is 1.76 bits per heavy atom. The Morgan fingerprint density at radius 3 is 2.14 bits per heavy atom. The van der Waals surface area contributed by atoms with Crippen molar-refractivity contribution in [2.75, 3.05) is 13.2 Å². The molecule has 21 heavy (non-hydrogen) atoms. The molecule has 0 N–H and O–H groups in total. The smallest absolute Gasteiger partial charge is 0.323 e. The molecule has 0 saturated carbocycles. The zero-order valence-corrected chi connectivity index (χ0v) is 13.9. The first-order chi connectivity index (χ1) is 10.0. The Balaban J connectivity index is 2.96. The molecule has 6 heteroatoms. The molecular formula is C15H23NO4S. The molecule has 0 aliphatic rings. The molecule has 0 spiro atoms. The van der Waals surface area contributed by atoms with E-state index in [2.05, 4.69) is 4.98 Å². The van der Waals surface area contributed by atoms with Gasteiger partial charge in [0, 0.05) is 4.88 Å². The van der Waals surface area contributed by atoms with Crippen LogP contribution >= 0.6 is 11.3 Å². The highest BCUT2D eigenvalue weighted by Gasteiger charge is 2.47. The van der Waals surface area contributed by atoms with E-state index in [1.54, 1.807) is 19.4 Å². The zero-order valence-electron chi connectivity index (χ0n) is 13.1. The Morgan fingerprint density at radius 1 is 1.19 bits per heavy atom. The third kappa shape index (κ3) is 4.03. The Kier molecular flexibility index (Phi) is 6.81. The van der Waals surface area contributed by atoms with E-state index in [0.717, 1.165) is 10.6 Å². The van der Waals surface area contributed by atoms with Gasteiger partial charge in [-0.1, -0.05) is 6.92 Å². The molecule has 0 atom stereocenters. The van der Waals surface area contributed by atoms with Crippen LogP contribution < -0.4 is 0 Å². The lowest BCUT2D eigenvalue weighted by molar-refractivity contribution is -0.173. The summed E-state index contributed by atoms with van der Waals surface area (Å²) in [7, 11) is 0. The lowest BCUT2D eigenvalue weighted by Crippen LogP contribution is -2.42. The van der Waals surface area contributed by atoms with Gasteiger partial charge in [0.05, 0.1) is 24.4 Å². The van der Waals surface area contributed by atoms with Gasteiger partial charge in [-0.2, -0.15) is 0 Å². The lowest BCUT2D eigenvalue weighted by atomic mass is 9.80. The van der Waals surface area contributed by atoms with Gasteiger partial charge in [0.1, 0.15) is 0 Å². The summed E-state index contributed by atoms with van der Waals surface area (Å²) in [5.74, 6) is -0.985. The van der Waals surface area contributed by atoms with Crippen LogP contribution in [0.4, 0.5) is 0 Å². The second-order valence-electron chi connectivity index (χ2n) is 4.74. The number of nitrogens with zero attached hydrogens (tertiary/aromatic N) is 1. The van der Waals surface area contributed by atoms with Crippen molar-refractivity contribution in [1.29, 1.82) is 0 Å². The highest BCUT2D eigenvalue weighted by Crippen LogP contribution is 2.33. The summed E-state index contributed by atoms with van der Waals surface area (Å²) in [5.41, 5.74) is 1.49. The molecule has 0 aromatic carbocycles. The number of aryl methyl sites for hydroxylation is 2. The molecular weight excluding hydrogens is 290 g/mol. The largest absolute Gasteiger partial charge is 0.465 e. The molecule has 1 aromatic rings. The predicted molar refractivity (Wildman–Crippen MR) is 81.2 cm³/mol. The van der Waals surface area contributed by atoms with Gasteiger partial charge in [-0.3, -0.25) is 9.59 Å². The monoisotopic (exact) mass is 313 g/mol. The van der Waals surface area contributed by atoms with Gasteiger partial charge in [0.25, 0.3) is 0 Å². The van der Waals surface area contributed by atoms with Gasteiger partial charge in [-0.15, -0.1) is 11.3 Å². The number of rotatable bonds is 8. The van der Waals surface area contributed by atoms with E-state index in [0.29, 0.717) is 19.3 Å². The third-order valence-electron chi connectivity index (χ3n) is 3.56. The van der Waals surface area contributed by atoms with E-state index < -0.39 is 17.4 Å². The van der Waals surface area contributed by atoms with E-state index in [-0.39, 0.29) is 13.2 Å². The number of aromatic nitrogens is 1. The molecule has 0 saturated heterocycles. The summed E-state index contributed by atoms with van der Waals surface area (Å²) in [6.07, 6.45) is 1.36. The second-order valence-corrected chi connectivity index (χ2v) is 5.68. The summed E-state index contributed by atoms with van der Waals surface area (Å²) in [6.45, 7) is 7.70. The molecule has 5 nitrogen and oxygen atoms in total. The van der Waals surface area contributed by atoms with Crippen LogP contribution in [0.25, 0.3) is 0 Å². The molecule has 0 unspecified atom stereocenters. The summed E-state index contributed by atoms with van der Waals surface area (Å²) in [4.78, 5) is 29.9. The number of esters is 2. The number of hydrogen-bond acceptors (Lipinski definition) is 6. The molecule has 0 aliphatic heterocycles. The fraction of sp³-hybridized carbons (Fsp3) is 0.667. The Labute approximate surface area is 129 Å². The van der Waals surface area contributed by atoms with Crippen molar-refractivity contribution in [3.63, 3.8) is 0 Å². The highest BCUT2D eigenvalue weighted by molar-refractivity contribution is 7.09. The van der Waals surface area contributed by atoms with Crippen LogP contribution in [0.3, 0.4) is 0 Å². The minimum absolute atomic E-state index is 0.250. The van der Waals surface area contributed by atoms with Gasteiger partial charge in [-0.25, -0.2) is 4.98 Å². The normalized spacial score (nSPS) is 11.2. The van der Waals surface area contributed by atoms with Crippen molar-refractivity contribution in [2.45, 2.75) is 47.0 Å². The average Bonchev–Trinajstić information content (AvgIpc) is 2.86. The third-order valence-corrected chi connectivity index (χ3v) is 4.55. The van der Waals surface area contributed by atoms with Crippen molar-refractivity contribution >= 4 is 23.3 Å².